The Balaban J connectivity index is 0.00000392. The van der Waals surface area contributed by atoms with E-state index in [9.17, 15) is 9.90 Å². The fraction of sp³-hybridized carbons (Fsp3) is 0.316. The van der Waals surface area contributed by atoms with Gasteiger partial charge < -0.3 is 10.4 Å². The van der Waals surface area contributed by atoms with Crippen LogP contribution in [0.4, 0.5) is 5.82 Å². The van der Waals surface area contributed by atoms with E-state index < -0.39 is 5.91 Å². The third-order valence-corrected chi connectivity index (χ3v) is 3.78. The van der Waals surface area contributed by atoms with Crippen molar-refractivity contribution in [2.45, 2.75) is 19.5 Å². The van der Waals surface area contributed by atoms with Crippen LogP contribution in [0.3, 0.4) is 0 Å². The van der Waals surface area contributed by atoms with Crippen LogP contribution in [-0.4, -0.2) is 56.8 Å². The van der Waals surface area contributed by atoms with E-state index in [1.807, 2.05) is 25.1 Å². The lowest BCUT2D eigenvalue weighted by Crippen LogP contribution is -2.36. The van der Waals surface area contributed by atoms with E-state index >= 15 is 0 Å². The molecule has 4 N–H and O–H groups in total. The summed E-state index contributed by atoms with van der Waals surface area (Å²) in [4.78, 5) is 21.6. The van der Waals surface area contributed by atoms with E-state index in [0.29, 0.717) is 18.1 Å². The lowest BCUT2D eigenvalue weighted by molar-refractivity contribution is -0.124. The van der Waals surface area contributed by atoms with Gasteiger partial charge in [0.1, 0.15) is 5.82 Å². The zero-order chi connectivity index (χ0) is 19.5. The molecule has 0 fully saturated rings. The Hall–Kier alpha value is -2.23. The van der Waals surface area contributed by atoms with Crippen molar-refractivity contribution >= 4 is 42.6 Å². The monoisotopic (exact) mass is 443 g/mol. The Kier molecular flexibility index (Phi) is 13.6. The molecule has 0 saturated carbocycles. The summed E-state index contributed by atoms with van der Waals surface area (Å²) in [7, 11) is 0. The van der Waals surface area contributed by atoms with Crippen LogP contribution >= 0.6 is 24.8 Å². The number of halogens is 2. The number of hydroxylamine groups is 1. The van der Waals surface area contributed by atoms with Crippen LogP contribution in [0.2, 0.25) is 0 Å². The zero-order valence-corrected chi connectivity index (χ0v) is 17.7. The molecule has 0 bridgehead atoms. The van der Waals surface area contributed by atoms with Crippen LogP contribution in [0.1, 0.15) is 18.2 Å². The summed E-state index contributed by atoms with van der Waals surface area (Å²) >= 11 is 0. The third-order valence-electron chi connectivity index (χ3n) is 3.78. The van der Waals surface area contributed by atoms with Gasteiger partial charge in [0.2, 0.25) is 0 Å². The van der Waals surface area contributed by atoms with Crippen molar-refractivity contribution in [1.29, 1.82) is 0 Å². The minimum Gasteiger partial charge on any atom is -0.395 e. The molecule has 0 spiro atoms. The van der Waals surface area contributed by atoms with Gasteiger partial charge in [0.25, 0.3) is 5.91 Å². The van der Waals surface area contributed by atoms with Gasteiger partial charge in [-0.15, -0.1) is 24.8 Å². The lowest BCUT2D eigenvalue weighted by Gasteiger charge is -2.25. The summed E-state index contributed by atoms with van der Waals surface area (Å²) in [6, 6.07) is 10.2. The molecule has 1 aromatic carbocycles. The predicted molar refractivity (Wildman–Crippen MR) is 117 cm³/mol. The average Bonchev–Trinajstić information content (AvgIpc) is 2.68. The van der Waals surface area contributed by atoms with Crippen molar-refractivity contribution < 1.29 is 15.1 Å². The molecule has 0 radical (unpaired) electrons. The molecule has 1 atom stereocenters. The van der Waals surface area contributed by atoms with Gasteiger partial charge in [-0.2, -0.15) is 0 Å². The van der Waals surface area contributed by atoms with Gasteiger partial charge in [-0.3, -0.25) is 19.9 Å². The highest BCUT2D eigenvalue weighted by atomic mass is 35.5. The molecule has 0 aliphatic carbocycles. The number of hydrogen-bond donors (Lipinski definition) is 4. The maximum Gasteiger partial charge on any atom is 0.267 e. The van der Waals surface area contributed by atoms with Gasteiger partial charge in [-0.05, 0) is 18.6 Å². The molecule has 1 heterocycles. The zero-order valence-electron chi connectivity index (χ0n) is 16.1. The molecule has 1 aromatic heterocycles. The van der Waals surface area contributed by atoms with Crippen molar-refractivity contribution in [2.75, 3.05) is 25.0 Å². The number of benzene rings is 1. The van der Waals surface area contributed by atoms with Crippen molar-refractivity contribution in [2.24, 2.45) is 0 Å². The van der Waals surface area contributed by atoms with Gasteiger partial charge in [0, 0.05) is 31.8 Å². The molecular weight excluding hydrogens is 417 g/mol. The second kappa shape index (κ2) is 14.7. The summed E-state index contributed by atoms with van der Waals surface area (Å²) < 4.78 is 0. The molecular formula is C19H27Cl2N5O3. The molecule has 8 nitrogen and oxygen atoms in total. The standard InChI is InChI=1S/C19H25N5O3.2ClH/c1-15(13-24(9-10-25)14-16-5-3-2-4-6-16)22-18-12-20-17(11-21-18)7-8-19(26)23-27;;/h2-8,11-12,15,25,27H,9-10,13-14H2,1H3,(H,21,22)(H,23,26);2*1H/b8-7+;;/t15-;;/m1../s1. The number of nitrogens with one attached hydrogen (secondary N) is 2. The highest BCUT2D eigenvalue weighted by Crippen LogP contribution is 2.08. The third kappa shape index (κ3) is 10.2. The van der Waals surface area contributed by atoms with Crippen LogP contribution in [0.15, 0.2) is 48.8 Å². The van der Waals surface area contributed by atoms with Gasteiger partial charge in [-0.25, -0.2) is 10.5 Å². The molecule has 0 saturated heterocycles. The minimum absolute atomic E-state index is 0. The number of anilines is 1. The first-order chi connectivity index (χ1) is 13.1. The fourth-order valence-electron chi connectivity index (χ4n) is 2.60. The summed E-state index contributed by atoms with van der Waals surface area (Å²) in [5.74, 6) is -0.00932. The largest absolute Gasteiger partial charge is 0.395 e. The SMILES string of the molecule is C[C@H](CN(CCO)Cc1ccccc1)Nc1cnc(/C=C/C(=O)NO)cn1.Cl.Cl. The molecule has 2 rings (SSSR count). The first-order valence-corrected chi connectivity index (χ1v) is 8.68. The molecule has 160 valence electrons. The molecule has 0 aliphatic heterocycles. The van der Waals surface area contributed by atoms with Crippen LogP contribution < -0.4 is 10.8 Å². The maximum absolute atomic E-state index is 11.0. The Labute approximate surface area is 182 Å². The Bertz CT molecular complexity index is 732. The van der Waals surface area contributed by atoms with Gasteiger partial charge in [0.15, 0.2) is 0 Å². The lowest BCUT2D eigenvalue weighted by atomic mass is 10.2. The summed E-state index contributed by atoms with van der Waals surface area (Å²) in [5.41, 5.74) is 3.21. The van der Waals surface area contributed by atoms with E-state index in [0.717, 1.165) is 19.2 Å². The summed E-state index contributed by atoms with van der Waals surface area (Å²) in [5, 5.41) is 21.0. The van der Waals surface area contributed by atoms with Gasteiger partial charge in [0.05, 0.1) is 24.7 Å². The number of hydrogen-bond acceptors (Lipinski definition) is 7. The molecule has 10 heteroatoms. The van der Waals surface area contributed by atoms with E-state index in [-0.39, 0.29) is 37.5 Å². The van der Waals surface area contributed by atoms with Crippen LogP contribution in [0.25, 0.3) is 6.08 Å². The Morgan fingerprint density at radius 3 is 2.52 bits per heavy atom. The number of aliphatic hydroxyl groups excluding tert-OH is 1. The normalized spacial score (nSPS) is 11.4. The van der Waals surface area contributed by atoms with Crippen LogP contribution in [0.5, 0.6) is 0 Å². The first-order valence-electron chi connectivity index (χ1n) is 8.68. The molecule has 0 unspecified atom stereocenters. The minimum atomic E-state index is -0.630. The smallest absolute Gasteiger partial charge is 0.267 e. The number of carbonyl (C=O) groups excluding carboxylic acids is 1. The summed E-state index contributed by atoms with van der Waals surface area (Å²) in [6.07, 6.45) is 5.73. The van der Waals surface area contributed by atoms with Crippen molar-refractivity contribution in [3.05, 3.63) is 60.1 Å². The fourth-order valence-corrected chi connectivity index (χ4v) is 2.60. The van der Waals surface area contributed by atoms with Crippen LogP contribution in [0, 0.1) is 0 Å². The first kappa shape index (κ1) is 26.8. The van der Waals surface area contributed by atoms with Gasteiger partial charge >= 0.3 is 0 Å². The second-order valence-electron chi connectivity index (χ2n) is 6.13. The highest BCUT2D eigenvalue weighted by Gasteiger charge is 2.11. The number of aromatic nitrogens is 2. The predicted octanol–water partition coefficient (Wildman–Crippen LogP) is 2.13. The Morgan fingerprint density at radius 2 is 1.93 bits per heavy atom. The molecule has 29 heavy (non-hydrogen) atoms. The maximum atomic E-state index is 11.0. The van der Waals surface area contributed by atoms with E-state index in [1.165, 1.54) is 23.3 Å². The second-order valence-corrected chi connectivity index (χ2v) is 6.13. The average molecular weight is 444 g/mol. The van der Waals surface area contributed by atoms with Crippen molar-refractivity contribution in [1.82, 2.24) is 20.3 Å². The Morgan fingerprint density at radius 1 is 1.21 bits per heavy atom. The number of aliphatic hydroxyl groups is 1. The van der Waals surface area contributed by atoms with Crippen molar-refractivity contribution in [3.8, 4) is 0 Å². The van der Waals surface area contributed by atoms with E-state index in [2.05, 4.69) is 32.3 Å². The number of nitrogens with zero attached hydrogens (tertiary/aromatic N) is 3. The van der Waals surface area contributed by atoms with Crippen molar-refractivity contribution in [3.63, 3.8) is 0 Å². The van der Waals surface area contributed by atoms with Gasteiger partial charge in [-0.1, -0.05) is 30.3 Å². The van der Waals surface area contributed by atoms with E-state index in [4.69, 9.17) is 5.21 Å². The van der Waals surface area contributed by atoms with E-state index in [1.54, 1.807) is 6.20 Å². The highest BCUT2D eigenvalue weighted by molar-refractivity contribution is 5.90. The number of rotatable bonds is 10. The summed E-state index contributed by atoms with van der Waals surface area (Å²) in [6.45, 7) is 4.21. The number of carbonyl (C=O) groups is 1. The quantitative estimate of drug-likeness (QED) is 0.253. The molecule has 2 aromatic rings. The number of amides is 1. The van der Waals surface area contributed by atoms with Crippen LogP contribution in [-0.2, 0) is 11.3 Å². The molecule has 0 aliphatic rings. The topological polar surface area (TPSA) is 111 Å². The molecule has 1 amide bonds.